The minimum absolute atomic E-state index is 0.329. The Morgan fingerprint density at radius 1 is 1.39 bits per heavy atom. The molecule has 0 radical (unpaired) electrons. The fraction of sp³-hybridized carbons (Fsp3) is 0.500. The maximum Gasteiger partial charge on any atom is 0.364 e. The van der Waals surface area contributed by atoms with Crippen LogP contribution in [-0.4, -0.2) is 22.6 Å². The summed E-state index contributed by atoms with van der Waals surface area (Å²) in [5.41, 5.74) is 0.854. The van der Waals surface area contributed by atoms with Gasteiger partial charge in [0.1, 0.15) is 0 Å². The molecule has 0 saturated heterocycles. The van der Waals surface area contributed by atoms with Crippen LogP contribution in [0.2, 0.25) is 0 Å². The van der Waals surface area contributed by atoms with E-state index in [-0.39, 0.29) is 5.97 Å². The largest absolute Gasteiger partial charge is 0.435 e. The SMILES string of the molecule is C=COC(C)=O.O=[PH](O)OC=C(CCCl)CCCl. The number of carbonyl (C=O) groups is 1. The number of hydrogen-bond acceptors (Lipinski definition) is 4. The van der Waals surface area contributed by atoms with Crippen molar-refractivity contribution >= 4 is 37.4 Å². The van der Waals surface area contributed by atoms with Crippen LogP contribution < -0.4 is 0 Å². The van der Waals surface area contributed by atoms with Crippen molar-refractivity contribution in [3.63, 3.8) is 0 Å². The first-order valence-corrected chi connectivity index (χ1v) is 7.28. The summed E-state index contributed by atoms with van der Waals surface area (Å²) in [5.74, 6) is 0.585. The normalized spacial score (nSPS) is 10.4. The number of alkyl halides is 2. The molecule has 0 aliphatic carbocycles. The zero-order valence-electron chi connectivity index (χ0n) is 10.0. The van der Waals surface area contributed by atoms with Crippen molar-refractivity contribution in [1.29, 1.82) is 0 Å². The quantitative estimate of drug-likeness (QED) is 0.338. The summed E-state index contributed by atoms with van der Waals surface area (Å²) in [6, 6.07) is 0. The molecule has 5 nitrogen and oxygen atoms in total. The zero-order valence-corrected chi connectivity index (χ0v) is 12.5. The third-order valence-corrected chi connectivity index (χ3v) is 2.10. The van der Waals surface area contributed by atoms with Gasteiger partial charge in [-0.1, -0.05) is 6.58 Å². The van der Waals surface area contributed by atoms with Crippen molar-refractivity contribution < 1.29 is 23.5 Å². The molecule has 0 bridgehead atoms. The predicted molar refractivity (Wildman–Crippen MR) is 73.0 cm³/mol. The van der Waals surface area contributed by atoms with Gasteiger partial charge in [0, 0.05) is 18.7 Å². The molecule has 0 fully saturated rings. The number of rotatable bonds is 7. The Morgan fingerprint density at radius 2 is 1.89 bits per heavy atom. The third kappa shape index (κ3) is 17.9. The molecule has 1 unspecified atom stereocenters. The maximum atomic E-state index is 10.2. The second-order valence-electron chi connectivity index (χ2n) is 2.81. The highest BCUT2D eigenvalue weighted by Gasteiger charge is 1.97. The van der Waals surface area contributed by atoms with E-state index in [1.165, 1.54) is 13.2 Å². The van der Waals surface area contributed by atoms with Crippen LogP contribution in [0.1, 0.15) is 19.8 Å². The Hall–Kier alpha value is -0.480. The third-order valence-electron chi connectivity index (χ3n) is 1.41. The Bertz CT molecular complexity index is 286. The number of allylic oxidation sites excluding steroid dienone is 1. The molecule has 106 valence electrons. The van der Waals surface area contributed by atoms with Gasteiger partial charge < -0.3 is 14.2 Å². The summed E-state index contributed by atoms with van der Waals surface area (Å²) >= 11 is 11.0. The van der Waals surface area contributed by atoms with Gasteiger partial charge in [-0.3, -0.25) is 4.79 Å². The molecule has 0 aromatic carbocycles. The lowest BCUT2D eigenvalue weighted by atomic mass is 10.2. The predicted octanol–water partition coefficient (Wildman–Crippen LogP) is 3.22. The van der Waals surface area contributed by atoms with Gasteiger partial charge in [-0.05, 0) is 18.4 Å². The van der Waals surface area contributed by atoms with Crippen molar-refractivity contribution in [1.82, 2.24) is 0 Å². The second kappa shape index (κ2) is 14.6. The summed E-state index contributed by atoms with van der Waals surface area (Å²) in [7, 11) is -2.88. The number of esters is 1. The van der Waals surface area contributed by atoms with Gasteiger partial charge in [0.25, 0.3) is 0 Å². The van der Waals surface area contributed by atoms with E-state index in [0.717, 1.165) is 11.8 Å². The van der Waals surface area contributed by atoms with Gasteiger partial charge in [0.05, 0.1) is 12.5 Å². The van der Waals surface area contributed by atoms with Crippen LogP contribution in [0, 0.1) is 0 Å². The van der Waals surface area contributed by atoms with E-state index in [2.05, 4.69) is 15.8 Å². The van der Waals surface area contributed by atoms with Crippen molar-refractivity contribution in [2.24, 2.45) is 0 Å². The highest BCUT2D eigenvalue weighted by molar-refractivity contribution is 7.32. The first kappa shape index (κ1) is 19.9. The fourth-order valence-corrected chi connectivity index (χ4v) is 1.49. The highest BCUT2D eigenvalue weighted by Crippen LogP contribution is 2.18. The van der Waals surface area contributed by atoms with E-state index in [4.69, 9.17) is 28.1 Å². The number of halogens is 2. The van der Waals surface area contributed by atoms with Crippen molar-refractivity contribution in [2.45, 2.75) is 19.8 Å². The lowest BCUT2D eigenvalue weighted by Gasteiger charge is -2.01. The van der Waals surface area contributed by atoms with E-state index in [0.29, 0.717) is 24.6 Å². The van der Waals surface area contributed by atoms with Gasteiger partial charge in [0.2, 0.25) is 0 Å². The summed E-state index contributed by atoms with van der Waals surface area (Å²) in [6.07, 6.45) is 3.63. The Morgan fingerprint density at radius 3 is 2.11 bits per heavy atom. The Kier molecular flexibility index (Phi) is 16.1. The first-order valence-electron chi connectivity index (χ1n) is 4.95. The van der Waals surface area contributed by atoms with Crippen LogP contribution in [0.4, 0.5) is 0 Å². The first-order chi connectivity index (χ1) is 8.47. The zero-order chi connectivity index (χ0) is 14.4. The van der Waals surface area contributed by atoms with Crippen LogP contribution >= 0.6 is 31.5 Å². The van der Waals surface area contributed by atoms with E-state index in [1.807, 2.05) is 0 Å². The smallest absolute Gasteiger partial charge is 0.364 e. The van der Waals surface area contributed by atoms with Crippen LogP contribution in [-0.2, 0) is 18.6 Å². The average molecular weight is 319 g/mol. The standard InChI is InChI=1S/C6H11Cl2O3P.C4H6O2/c7-3-1-6(2-4-8)5-11-12(9)10;1-3-6-4(2)5/h5,12H,1-4H2,(H,9,10);3H,1H2,2H3. The molecule has 18 heavy (non-hydrogen) atoms. The number of hydrogen-bond donors (Lipinski definition) is 1. The molecule has 0 aromatic heterocycles. The topological polar surface area (TPSA) is 72.8 Å². The molecule has 0 rings (SSSR count). The van der Waals surface area contributed by atoms with Crippen molar-refractivity contribution in [3.05, 3.63) is 24.7 Å². The van der Waals surface area contributed by atoms with Crippen LogP contribution in [0.5, 0.6) is 0 Å². The van der Waals surface area contributed by atoms with Gasteiger partial charge in [-0.25, -0.2) is 4.57 Å². The lowest BCUT2D eigenvalue weighted by molar-refractivity contribution is -0.135. The molecule has 0 aliphatic rings. The Labute approximate surface area is 117 Å². The fourth-order valence-electron chi connectivity index (χ4n) is 0.737. The van der Waals surface area contributed by atoms with Crippen LogP contribution in [0.25, 0.3) is 0 Å². The molecule has 0 spiro atoms. The second-order valence-corrected chi connectivity index (χ2v) is 4.34. The average Bonchev–Trinajstić information content (AvgIpc) is 2.27. The van der Waals surface area contributed by atoms with Gasteiger partial charge in [0.15, 0.2) is 0 Å². The number of carbonyl (C=O) groups excluding carboxylic acids is 1. The summed E-state index contributed by atoms with van der Waals surface area (Å²) in [6.45, 7) is 4.48. The molecule has 0 amide bonds. The van der Waals surface area contributed by atoms with Gasteiger partial charge in [-0.15, -0.1) is 23.2 Å². The molecule has 0 aliphatic heterocycles. The maximum absolute atomic E-state index is 10.2. The van der Waals surface area contributed by atoms with Crippen LogP contribution in [0.15, 0.2) is 24.7 Å². The van der Waals surface area contributed by atoms with E-state index in [1.54, 1.807) is 0 Å². The van der Waals surface area contributed by atoms with E-state index >= 15 is 0 Å². The lowest BCUT2D eigenvalue weighted by Crippen LogP contribution is -1.87. The van der Waals surface area contributed by atoms with Crippen molar-refractivity contribution in [2.75, 3.05) is 11.8 Å². The number of ether oxygens (including phenoxy) is 1. The molecule has 0 saturated carbocycles. The molecule has 1 atom stereocenters. The van der Waals surface area contributed by atoms with Gasteiger partial charge in [-0.2, -0.15) is 0 Å². The van der Waals surface area contributed by atoms with E-state index in [9.17, 15) is 9.36 Å². The minimum Gasteiger partial charge on any atom is -0.435 e. The monoisotopic (exact) mass is 318 g/mol. The molecule has 1 N–H and O–H groups in total. The molecular formula is C10H17Cl2O5P. The molecular weight excluding hydrogens is 302 g/mol. The van der Waals surface area contributed by atoms with Crippen molar-refractivity contribution in [3.8, 4) is 0 Å². The Balaban J connectivity index is 0. The summed E-state index contributed by atoms with van der Waals surface area (Å²) < 4.78 is 18.8. The van der Waals surface area contributed by atoms with Gasteiger partial charge >= 0.3 is 14.2 Å². The summed E-state index contributed by atoms with van der Waals surface area (Å²) in [4.78, 5) is 18.1. The highest BCUT2D eigenvalue weighted by atomic mass is 35.5. The summed E-state index contributed by atoms with van der Waals surface area (Å²) in [5, 5.41) is 0. The molecule has 0 heterocycles. The molecule has 0 aromatic rings. The molecule has 8 heteroatoms. The van der Waals surface area contributed by atoms with E-state index < -0.39 is 8.25 Å². The van der Waals surface area contributed by atoms with Crippen LogP contribution in [0.3, 0.4) is 0 Å². The minimum atomic E-state index is -2.88.